The molecule has 1 aliphatic heterocycles. The van der Waals surface area contributed by atoms with Gasteiger partial charge >= 0.3 is 5.97 Å². The Morgan fingerprint density at radius 3 is 2.21 bits per heavy atom. The van der Waals surface area contributed by atoms with Crippen LogP contribution in [0.25, 0.3) is 0 Å². The first kappa shape index (κ1) is 16.9. The maximum Gasteiger partial charge on any atom is 0.340 e. The summed E-state index contributed by atoms with van der Waals surface area (Å²) in [5.74, 6) is 1.01. The van der Waals surface area contributed by atoms with Crippen molar-refractivity contribution in [1.29, 1.82) is 0 Å². The molecule has 5 rings (SSSR count). The molecule has 0 radical (unpaired) electrons. The maximum absolute atomic E-state index is 12.9. The van der Waals surface area contributed by atoms with Gasteiger partial charge in [-0.2, -0.15) is 0 Å². The Morgan fingerprint density at radius 1 is 0.786 bits per heavy atom. The summed E-state index contributed by atoms with van der Waals surface area (Å²) in [4.78, 5) is 12.9. The zero-order valence-electron chi connectivity index (χ0n) is 15.8. The highest BCUT2D eigenvalue weighted by Crippen LogP contribution is 2.52. The molecule has 1 atom stereocenters. The number of hydrogen-bond acceptors (Lipinski definition) is 4. The van der Waals surface area contributed by atoms with E-state index in [2.05, 4.69) is 12.1 Å². The van der Waals surface area contributed by atoms with E-state index in [0.717, 1.165) is 35.1 Å². The summed E-state index contributed by atoms with van der Waals surface area (Å²) in [7, 11) is 3.26. The van der Waals surface area contributed by atoms with Crippen LogP contribution in [0.2, 0.25) is 0 Å². The minimum Gasteiger partial charge on any atom is -0.493 e. The molecule has 4 nitrogen and oxygen atoms in total. The minimum atomic E-state index is -0.977. The average molecular weight is 372 g/mol. The lowest BCUT2D eigenvalue weighted by Gasteiger charge is -2.32. The van der Waals surface area contributed by atoms with Crippen LogP contribution in [-0.2, 0) is 23.2 Å². The molecule has 28 heavy (non-hydrogen) atoms. The smallest absolute Gasteiger partial charge is 0.340 e. The molecular formula is C24H20O4. The second kappa shape index (κ2) is 6.13. The number of methoxy groups -OCH3 is 2. The highest BCUT2D eigenvalue weighted by atomic mass is 16.6. The molecule has 3 aromatic rings. The molecule has 3 aromatic carbocycles. The van der Waals surface area contributed by atoms with E-state index in [9.17, 15) is 4.79 Å². The molecule has 0 aromatic heterocycles. The van der Waals surface area contributed by atoms with Gasteiger partial charge in [0.15, 0.2) is 17.1 Å². The highest BCUT2D eigenvalue weighted by molar-refractivity contribution is 5.96. The van der Waals surface area contributed by atoms with Crippen molar-refractivity contribution in [2.24, 2.45) is 0 Å². The lowest BCUT2D eigenvalue weighted by molar-refractivity contribution is 0.0249. The van der Waals surface area contributed by atoms with Crippen LogP contribution in [0.15, 0.2) is 60.7 Å². The van der Waals surface area contributed by atoms with E-state index < -0.39 is 5.60 Å². The van der Waals surface area contributed by atoms with Gasteiger partial charge in [-0.1, -0.05) is 42.5 Å². The van der Waals surface area contributed by atoms with Crippen LogP contribution in [0.5, 0.6) is 11.5 Å². The third-order valence-electron chi connectivity index (χ3n) is 5.82. The molecule has 0 N–H and O–H groups in total. The minimum absolute atomic E-state index is 0.298. The van der Waals surface area contributed by atoms with Gasteiger partial charge in [0.1, 0.15) is 0 Å². The fourth-order valence-corrected chi connectivity index (χ4v) is 4.57. The summed E-state index contributed by atoms with van der Waals surface area (Å²) in [5, 5.41) is 0. The van der Waals surface area contributed by atoms with E-state index in [1.807, 2.05) is 48.5 Å². The Kier molecular flexibility index (Phi) is 3.69. The molecule has 0 fully saturated rings. The van der Waals surface area contributed by atoms with E-state index >= 15 is 0 Å². The Balaban J connectivity index is 1.91. The van der Waals surface area contributed by atoms with Crippen LogP contribution in [-0.4, -0.2) is 20.2 Å². The first-order valence-electron chi connectivity index (χ1n) is 9.35. The number of ether oxygens (including phenoxy) is 3. The summed E-state index contributed by atoms with van der Waals surface area (Å²) >= 11 is 0. The molecule has 4 heteroatoms. The Labute approximate surface area is 163 Å². The van der Waals surface area contributed by atoms with Crippen molar-refractivity contribution < 1.29 is 19.0 Å². The topological polar surface area (TPSA) is 44.8 Å². The number of fused-ring (bicyclic) bond motifs is 6. The molecule has 0 saturated heterocycles. The van der Waals surface area contributed by atoms with Crippen LogP contribution >= 0.6 is 0 Å². The Bertz CT molecular complexity index is 1100. The van der Waals surface area contributed by atoms with Gasteiger partial charge in [0.2, 0.25) is 0 Å². The molecule has 0 amide bonds. The number of aryl methyl sites for hydroxylation is 2. The summed E-state index contributed by atoms with van der Waals surface area (Å²) in [6.45, 7) is 0. The van der Waals surface area contributed by atoms with Gasteiger partial charge in [0.25, 0.3) is 0 Å². The fraction of sp³-hybridized carbons (Fsp3) is 0.208. The monoisotopic (exact) mass is 372 g/mol. The molecule has 2 aliphatic rings. The van der Waals surface area contributed by atoms with Crippen molar-refractivity contribution in [1.82, 2.24) is 0 Å². The predicted octanol–water partition coefficient (Wildman–Crippen LogP) is 4.26. The molecule has 1 aliphatic carbocycles. The third-order valence-corrected chi connectivity index (χ3v) is 5.82. The van der Waals surface area contributed by atoms with E-state index in [1.54, 1.807) is 14.2 Å². The van der Waals surface area contributed by atoms with Crippen molar-refractivity contribution in [3.05, 3.63) is 94.0 Å². The van der Waals surface area contributed by atoms with Crippen molar-refractivity contribution in [2.75, 3.05) is 14.2 Å². The number of rotatable bonds is 2. The van der Waals surface area contributed by atoms with Gasteiger partial charge in [-0.05, 0) is 42.2 Å². The van der Waals surface area contributed by atoms with Gasteiger partial charge < -0.3 is 14.2 Å². The third kappa shape index (κ3) is 2.15. The summed E-state index contributed by atoms with van der Waals surface area (Å²) in [5.41, 5.74) is 4.74. The lowest BCUT2D eigenvalue weighted by atomic mass is 9.77. The first-order chi connectivity index (χ1) is 13.7. The van der Waals surface area contributed by atoms with Crippen LogP contribution in [0, 0.1) is 0 Å². The largest absolute Gasteiger partial charge is 0.493 e. The second-order valence-corrected chi connectivity index (χ2v) is 7.14. The fourth-order valence-electron chi connectivity index (χ4n) is 4.57. The Morgan fingerprint density at radius 2 is 1.43 bits per heavy atom. The SMILES string of the molecule is COc1cc2c(cc1OC)C1(OC(=O)c3ccccc31)c1ccccc1CC2. The van der Waals surface area contributed by atoms with Gasteiger partial charge in [0, 0.05) is 16.7 Å². The number of carbonyl (C=O) groups excluding carboxylic acids is 1. The quantitative estimate of drug-likeness (QED) is 0.631. The average Bonchev–Trinajstić information content (AvgIpc) is 2.97. The van der Waals surface area contributed by atoms with Crippen LogP contribution in [0.3, 0.4) is 0 Å². The summed E-state index contributed by atoms with van der Waals surface area (Å²) in [6, 6.07) is 19.8. The molecule has 140 valence electrons. The zero-order chi connectivity index (χ0) is 19.3. The van der Waals surface area contributed by atoms with Gasteiger partial charge in [-0.25, -0.2) is 4.79 Å². The standard InChI is InChI=1S/C24H20O4/c1-26-21-13-16-12-11-15-7-3-5-9-18(15)24(20(16)14-22(21)27-2)19-10-6-4-8-17(19)23(25)28-24/h3-10,13-14H,11-12H2,1-2H3. The lowest BCUT2D eigenvalue weighted by Crippen LogP contribution is -2.31. The van der Waals surface area contributed by atoms with E-state index in [1.165, 1.54) is 5.56 Å². The number of esters is 1. The van der Waals surface area contributed by atoms with E-state index in [0.29, 0.717) is 17.1 Å². The second-order valence-electron chi connectivity index (χ2n) is 7.14. The molecular weight excluding hydrogens is 352 g/mol. The van der Waals surface area contributed by atoms with Gasteiger partial charge in [-0.3, -0.25) is 0 Å². The number of hydrogen-bond donors (Lipinski definition) is 0. The highest BCUT2D eigenvalue weighted by Gasteiger charge is 2.51. The summed E-state index contributed by atoms with van der Waals surface area (Å²) < 4.78 is 17.3. The van der Waals surface area contributed by atoms with Crippen molar-refractivity contribution in [3.63, 3.8) is 0 Å². The zero-order valence-corrected chi connectivity index (χ0v) is 15.8. The number of benzene rings is 3. The molecule has 1 heterocycles. The first-order valence-corrected chi connectivity index (χ1v) is 9.35. The summed E-state index contributed by atoms with van der Waals surface area (Å²) in [6.07, 6.45) is 1.69. The molecule has 1 spiro atoms. The molecule has 0 saturated carbocycles. The van der Waals surface area contributed by atoms with Crippen LogP contribution < -0.4 is 9.47 Å². The molecule has 0 bridgehead atoms. The van der Waals surface area contributed by atoms with E-state index in [4.69, 9.17) is 14.2 Å². The van der Waals surface area contributed by atoms with Crippen molar-refractivity contribution in [3.8, 4) is 11.5 Å². The maximum atomic E-state index is 12.9. The van der Waals surface area contributed by atoms with Gasteiger partial charge in [-0.15, -0.1) is 0 Å². The van der Waals surface area contributed by atoms with Crippen LogP contribution in [0.1, 0.15) is 38.2 Å². The van der Waals surface area contributed by atoms with Crippen molar-refractivity contribution >= 4 is 5.97 Å². The normalized spacial score (nSPS) is 19.3. The predicted molar refractivity (Wildman–Crippen MR) is 105 cm³/mol. The van der Waals surface area contributed by atoms with Crippen LogP contribution in [0.4, 0.5) is 0 Å². The Hall–Kier alpha value is -3.27. The van der Waals surface area contributed by atoms with Crippen molar-refractivity contribution in [2.45, 2.75) is 18.4 Å². The van der Waals surface area contributed by atoms with E-state index in [-0.39, 0.29) is 5.97 Å². The van der Waals surface area contributed by atoms with Gasteiger partial charge in [0.05, 0.1) is 19.8 Å². The number of carbonyl (C=O) groups is 1. The molecule has 1 unspecified atom stereocenters.